The number of nitrogens with one attached hydrogen (secondary N) is 1. The van der Waals surface area contributed by atoms with E-state index in [0.717, 1.165) is 28.8 Å². The molecule has 1 N–H and O–H groups in total. The molecule has 0 spiro atoms. The van der Waals surface area contributed by atoms with Gasteiger partial charge in [0.1, 0.15) is 5.76 Å². The summed E-state index contributed by atoms with van der Waals surface area (Å²) in [4.78, 5) is 4.27. The second-order valence-corrected chi connectivity index (χ2v) is 4.82. The van der Waals surface area contributed by atoms with E-state index < -0.39 is 0 Å². The first-order valence-electron chi connectivity index (χ1n) is 5.57. The normalized spacial score (nSPS) is 10.5. The van der Waals surface area contributed by atoms with Gasteiger partial charge in [-0.05, 0) is 31.0 Å². The molecule has 17 heavy (non-hydrogen) atoms. The number of anilines is 1. The van der Waals surface area contributed by atoms with E-state index in [2.05, 4.69) is 38.4 Å². The third-order valence-corrected chi connectivity index (χ3v) is 3.13. The zero-order valence-electron chi connectivity index (χ0n) is 9.96. The Kier molecular flexibility index (Phi) is 3.84. The summed E-state index contributed by atoms with van der Waals surface area (Å²) in [6.45, 7) is 1.97. The Balaban J connectivity index is 2.04. The predicted octanol–water partition coefficient (Wildman–Crippen LogP) is 3.57. The van der Waals surface area contributed by atoms with Crippen molar-refractivity contribution in [2.24, 2.45) is 0 Å². The molecule has 3 nitrogen and oxygen atoms in total. The monoisotopic (exact) mass is 294 g/mol. The van der Waals surface area contributed by atoms with Gasteiger partial charge in [0, 0.05) is 17.9 Å². The predicted molar refractivity (Wildman–Crippen MR) is 72.3 cm³/mol. The largest absolute Gasteiger partial charge is 0.428 e. The molecule has 1 aromatic heterocycles. The van der Waals surface area contributed by atoms with Gasteiger partial charge in [-0.1, -0.05) is 28.1 Å². The molecular weight excluding hydrogens is 280 g/mol. The van der Waals surface area contributed by atoms with Crippen molar-refractivity contribution in [1.29, 1.82) is 0 Å². The van der Waals surface area contributed by atoms with Crippen LogP contribution >= 0.6 is 15.9 Å². The van der Waals surface area contributed by atoms with Crippen LogP contribution in [0.25, 0.3) is 0 Å². The van der Waals surface area contributed by atoms with Gasteiger partial charge in [-0.3, -0.25) is 0 Å². The summed E-state index contributed by atoms with van der Waals surface area (Å²) < 4.78 is 6.69. The van der Waals surface area contributed by atoms with Crippen LogP contribution in [0, 0.1) is 6.92 Å². The number of hydrogen-bond donors (Lipinski definition) is 1. The van der Waals surface area contributed by atoms with E-state index in [-0.39, 0.29) is 0 Å². The Morgan fingerprint density at radius 1 is 1.35 bits per heavy atom. The number of aromatic nitrogens is 1. The summed E-state index contributed by atoms with van der Waals surface area (Å²) in [6, 6.07) is 8.92. The van der Waals surface area contributed by atoms with Crippen LogP contribution in [0.15, 0.2) is 33.2 Å². The first-order chi connectivity index (χ1) is 8.19. The molecule has 0 amide bonds. The Morgan fingerprint density at radius 3 is 2.82 bits per heavy atom. The summed E-state index contributed by atoms with van der Waals surface area (Å²) in [5.74, 6) is 0.953. The number of hydrogen-bond acceptors (Lipinski definition) is 3. The van der Waals surface area contributed by atoms with Gasteiger partial charge >= 0.3 is 0 Å². The number of nitrogens with zero attached hydrogens (tertiary/aromatic N) is 1. The Morgan fingerprint density at radius 2 is 2.18 bits per heavy atom. The van der Waals surface area contributed by atoms with Crippen molar-refractivity contribution in [3.05, 3.63) is 45.8 Å². The highest BCUT2D eigenvalue weighted by Gasteiger charge is 2.08. The molecule has 0 saturated heterocycles. The Bertz CT molecular complexity index is 508. The zero-order valence-corrected chi connectivity index (χ0v) is 11.5. The maximum atomic E-state index is 5.58. The molecule has 1 heterocycles. The molecule has 0 aliphatic rings. The molecule has 0 saturated carbocycles. The molecule has 0 aliphatic carbocycles. The number of oxazole rings is 1. The van der Waals surface area contributed by atoms with Crippen LogP contribution in [0.4, 0.5) is 6.01 Å². The molecule has 4 heteroatoms. The van der Waals surface area contributed by atoms with E-state index >= 15 is 0 Å². The molecule has 0 unspecified atom stereocenters. The van der Waals surface area contributed by atoms with Crippen molar-refractivity contribution in [2.75, 3.05) is 12.4 Å². The first kappa shape index (κ1) is 12.2. The van der Waals surface area contributed by atoms with Gasteiger partial charge in [-0.15, -0.1) is 0 Å². The number of halogens is 1. The van der Waals surface area contributed by atoms with Gasteiger partial charge in [0.05, 0.1) is 5.69 Å². The lowest BCUT2D eigenvalue weighted by Gasteiger charge is -2.00. The van der Waals surface area contributed by atoms with Gasteiger partial charge in [-0.2, -0.15) is 4.98 Å². The highest BCUT2D eigenvalue weighted by Crippen LogP contribution is 2.18. The molecular formula is C13H15BrN2O. The lowest BCUT2D eigenvalue weighted by Crippen LogP contribution is -1.91. The van der Waals surface area contributed by atoms with Gasteiger partial charge in [0.2, 0.25) is 0 Å². The highest BCUT2D eigenvalue weighted by atomic mass is 79.9. The van der Waals surface area contributed by atoms with Crippen molar-refractivity contribution in [3.63, 3.8) is 0 Å². The molecule has 90 valence electrons. The van der Waals surface area contributed by atoms with E-state index in [1.165, 1.54) is 5.56 Å². The minimum Gasteiger partial charge on any atom is -0.428 e. The summed E-state index contributed by atoms with van der Waals surface area (Å²) in [5, 5.41) is 2.91. The molecule has 1 aromatic carbocycles. The summed E-state index contributed by atoms with van der Waals surface area (Å²) in [6.07, 6.45) is 1.83. The zero-order chi connectivity index (χ0) is 12.3. The van der Waals surface area contributed by atoms with Crippen LogP contribution in [-0.2, 0) is 12.8 Å². The minimum absolute atomic E-state index is 0.590. The van der Waals surface area contributed by atoms with Crippen molar-refractivity contribution < 1.29 is 4.42 Å². The van der Waals surface area contributed by atoms with Crippen LogP contribution in [0.1, 0.15) is 17.0 Å². The van der Waals surface area contributed by atoms with Crippen LogP contribution in [0.5, 0.6) is 0 Å². The molecule has 0 bridgehead atoms. The summed E-state index contributed by atoms with van der Waals surface area (Å²) in [7, 11) is 1.81. The molecule has 2 rings (SSSR count). The van der Waals surface area contributed by atoms with Crippen molar-refractivity contribution in [3.8, 4) is 0 Å². The van der Waals surface area contributed by atoms with E-state index in [0.29, 0.717) is 6.01 Å². The standard InChI is InChI=1S/C13H15BrN2O/c1-9-12(17-13(15-2)16-9)7-6-10-4-3-5-11(14)8-10/h3-5,8H,6-7H2,1-2H3,(H,15,16). The van der Waals surface area contributed by atoms with Gasteiger partial charge in [0.15, 0.2) is 0 Å². The average molecular weight is 295 g/mol. The van der Waals surface area contributed by atoms with E-state index in [9.17, 15) is 0 Å². The summed E-state index contributed by atoms with van der Waals surface area (Å²) in [5.41, 5.74) is 2.26. The van der Waals surface area contributed by atoms with E-state index in [1.807, 2.05) is 26.1 Å². The second kappa shape index (κ2) is 5.36. The fourth-order valence-corrected chi connectivity index (χ4v) is 2.16. The topological polar surface area (TPSA) is 38.1 Å². The van der Waals surface area contributed by atoms with Crippen molar-refractivity contribution >= 4 is 21.9 Å². The molecule has 0 radical (unpaired) electrons. The Hall–Kier alpha value is -1.29. The lowest BCUT2D eigenvalue weighted by atomic mass is 10.1. The van der Waals surface area contributed by atoms with Crippen LogP contribution in [-0.4, -0.2) is 12.0 Å². The maximum Gasteiger partial charge on any atom is 0.294 e. The molecule has 0 aliphatic heterocycles. The summed E-state index contributed by atoms with van der Waals surface area (Å²) >= 11 is 3.47. The molecule has 0 fully saturated rings. The van der Waals surface area contributed by atoms with Gasteiger partial charge in [-0.25, -0.2) is 0 Å². The average Bonchev–Trinajstić information content (AvgIpc) is 2.68. The van der Waals surface area contributed by atoms with Gasteiger partial charge in [0.25, 0.3) is 6.01 Å². The quantitative estimate of drug-likeness (QED) is 0.937. The second-order valence-electron chi connectivity index (χ2n) is 3.91. The van der Waals surface area contributed by atoms with Crippen LogP contribution < -0.4 is 5.32 Å². The number of aryl methyl sites for hydroxylation is 3. The number of rotatable bonds is 4. The van der Waals surface area contributed by atoms with Crippen molar-refractivity contribution in [2.45, 2.75) is 19.8 Å². The van der Waals surface area contributed by atoms with E-state index in [1.54, 1.807) is 0 Å². The van der Waals surface area contributed by atoms with E-state index in [4.69, 9.17) is 4.42 Å². The Labute approximate surface area is 109 Å². The fourth-order valence-electron chi connectivity index (χ4n) is 1.72. The van der Waals surface area contributed by atoms with Crippen molar-refractivity contribution in [1.82, 2.24) is 4.98 Å². The molecule has 2 aromatic rings. The fraction of sp³-hybridized carbons (Fsp3) is 0.308. The van der Waals surface area contributed by atoms with Gasteiger partial charge < -0.3 is 9.73 Å². The first-order valence-corrected chi connectivity index (χ1v) is 6.37. The third-order valence-electron chi connectivity index (χ3n) is 2.64. The van der Waals surface area contributed by atoms with Crippen LogP contribution in [0.2, 0.25) is 0 Å². The maximum absolute atomic E-state index is 5.58. The highest BCUT2D eigenvalue weighted by molar-refractivity contribution is 9.10. The SMILES string of the molecule is CNc1nc(C)c(CCc2cccc(Br)c2)o1. The number of benzene rings is 1. The van der Waals surface area contributed by atoms with Crippen LogP contribution in [0.3, 0.4) is 0 Å². The smallest absolute Gasteiger partial charge is 0.294 e. The minimum atomic E-state index is 0.590. The third kappa shape index (κ3) is 3.09. The molecule has 0 atom stereocenters. The lowest BCUT2D eigenvalue weighted by molar-refractivity contribution is 0.516.